The molecule has 0 spiro atoms. The molecule has 0 aliphatic heterocycles. The van der Waals surface area contributed by atoms with Crippen molar-refractivity contribution in [3.05, 3.63) is 0 Å². The SMILES string of the molecule is CCCCCCC[CH2][Sn].O=C(CS)OCCS.O=C(CS)OCCS.O=C(CS)OCCS. The summed E-state index contributed by atoms with van der Waals surface area (Å²) in [6.45, 7) is 3.40. The molecule has 33 heavy (non-hydrogen) atoms. The quantitative estimate of drug-likeness (QED) is 0.0512. The average Bonchev–Trinajstić information content (AvgIpc) is 2.85. The van der Waals surface area contributed by atoms with Crippen LogP contribution in [0, 0.1) is 0 Å². The molecule has 0 aliphatic rings. The first-order valence-corrected chi connectivity index (χ1v) is 16.4. The van der Waals surface area contributed by atoms with Gasteiger partial charge < -0.3 is 14.2 Å². The zero-order chi connectivity index (χ0) is 26.2. The molecule has 0 rings (SSSR count). The van der Waals surface area contributed by atoms with Crippen LogP contribution in [0.25, 0.3) is 0 Å². The fraction of sp³-hybridized carbons (Fsp3) is 0.850. The Bertz CT molecular complexity index is 369. The van der Waals surface area contributed by atoms with E-state index in [-0.39, 0.29) is 35.2 Å². The van der Waals surface area contributed by atoms with E-state index in [2.05, 4.69) is 96.9 Å². The first kappa shape index (κ1) is 41.4. The summed E-state index contributed by atoms with van der Waals surface area (Å²) in [6.07, 6.45) is 8.71. The number of carbonyl (C=O) groups excluding carboxylic acids is 3. The predicted octanol–water partition coefficient (Wildman–Crippen LogP) is 4.10. The molecular weight excluding hydrogens is 647 g/mol. The number of thiol groups is 6. The van der Waals surface area contributed by atoms with Gasteiger partial charge in [-0.3, -0.25) is 14.4 Å². The van der Waals surface area contributed by atoms with Crippen LogP contribution in [-0.4, -0.2) is 94.8 Å². The topological polar surface area (TPSA) is 78.9 Å². The van der Waals surface area contributed by atoms with Crippen LogP contribution in [0.1, 0.15) is 45.4 Å². The Morgan fingerprint density at radius 3 is 1.12 bits per heavy atom. The van der Waals surface area contributed by atoms with E-state index in [1.807, 2.05) is 0 Å². The van der Waals surface area contributed by atoms with Crippen LogP contribution in [0.3, 0.4) is 0 Å². The number of carbonyl (C=O) groups is 3. The van der Waals surface area contributed by atoms with Crippen molar-refractivity contribution in [1.82, 2.24) is 0 Å². The van der Waals surface area contributed by atoms with E-state index in [1.165, 1.54) is 43.0 Å². The zero-order valence-electron chi connectivity index (χ0n) is 19.4. The van der Waals surface area contributed by atoms with Gasteiger partial charge in [0.1, 0.15) is 19.8 Å². The monoisotopic (exact) mass is 689 g/mol. The molecule has 0 heterocycles. The zero-order valence-corrected chi connectivity index (χ0v) is 27.7. The van der Waals surface area contributed by atoms with Crippen molar-refractivity contribution in [2.24, 2.45) is 0 Å². The molecule has 0 bridgehead atoms. The summed E-state index contributed by atoms with van der Waals surface area (Å²) in [4.78, 5) is 30.7. The van der Waals surface area contributed by atoms with Crippen LogP contribution in [-0.2, 0) is 28.6 Å². The third-order valence-electron chi connectivity index (χ3n) is 2.98. The fourth-order valence-electron chi connectivity index (χ4n) is 1.52. The Labute approximate surface area is 247 Å². The molecule has 0 saturated carbocycles. The second kappa shape index (κ2) is 40.5. The largest absolute Gasteiger partial charge is 0.464 e. The van der Waals surface area contributed by atoms with E-state index in [1.54, 1.807) is 22.5 Å². The van der Waals surface area contributed by atoms with Crippen LogP contribution in [0.5, 0.6) is 0 Å². The van der Waals surface area contributed by atoms with Gasteiger partial charge in [-0.1, -0.05) is 0 Å². The van der Waals surface area contributed by atoms with Crippen LogP contribution < -0.4 is 0 Å². The molecule has 197 valence electrons. The maximum absolute atomic E-state index is 10.2. The Kier molecular flexibility index (Phi) is 50.8. The molecule has 0 saturated heterocycles. The van der Waals surface area contributed by atoms with Crippen molar-refractivity contribution in [2.45, 2.75) is 49.9 Å². The van der Waals surface area contributed by atoms with Gasteiger partial charge in [-0.25, -0.2) is 0 Å². The molecule has 0 unspecified atom stereocenters. The van der Waals surface area contributed by atoms with Crippen molar-refractivity contribution >= 4 is 116 Å². The van der Waals surface area contributed by atoms with E-state index >= 15 is 0 Å². The molecule has 0 atom stereocenters. The molecule has 0 aliphatic carbocycles. The van der Waals surface area contributed by atoms with Gasteiger partial charge in [0, 0.05) is 17.3 Å². The predicted molar refractivity (Wildman–Crippen MR) is 160 cm³/mol. The molecule has 0 aromatic carbocycles. The third-order valence-corrected chi connectivity index (χ3v) is 5.31. The summed E-state index contributed by atoms with van der Waals surface area (Å²) in [5.41, 5.74) is 0. The molecule has 0 aromatic heterocycles. The second-order valence-electron chi connectivity index (χ2n) is 5.82. The van der Waals surface area contributed by atoms with Crippen molar-refractivity contribution in [1.29, 1.82) is 0 Å². The number of unbranched alkanes of at least 4 members (excludes halogenated alkanes) is 5. The van der Waals surface area contributed by atoms with Gasteiger partial charge in [-0.15, -0.1) is 0 Å². The summed E-state index contributed by atoms with van der Waals surface area (Å²) in [6, 6.07) is 0. The summed E-state index contributed by atoms with van der Waals surface area (Å²) >= 11 is 24.3. The molecule has 13 heteroatoms. The fourth-order valence-corrected chi connectivity index (χ4v) is 2.78. The molecule has 0 amide bonds. The van der Waals surface area contributed by atoms with E-state index in [0.717, 1.165) is 0 Å². The number of esters is 3. The standard InChI is InChI=1S/C8H17.3C4H8O2S2.Sn/c1-3-5-7-8-6-4-2;3*5-4(3-8)6-1-2-7;/h1,3-8H2,2H3;3*7-8H,1-3H2;. The van der Waals surface area contributed by atoms with E-state index in [0.29, 0.717) is 37.1 Å². The first-order valence-electron chi connectivity index (χ1n) is 10.6. The van der Waals surface area contributed by atoms with Crippen molar-refractivity contribution in [3.8, 4) is 0 Å². The normalized spacial score (nSPS) is 9.09. The molecule has 6 nitrogen and oxygen atoms in total. The molecular formula is C20H41O6S6Sn. The Balaban J connectivity index is -0.000000170. The Morgan fingerprint density at radius 2 is 0.879 bits per heavy atom. The average molecular weight is 689 g/mol. The first-order chi connectivity index (χ1) is 15.8. The summed E-state index contributed by atoms with van der Waals surface area (Å²) in [7, 11) is 0. The van der Waals surface area contributed by atoms with Crippen LogP contribution in [0.2, 0.25) is 4.44 Å². The van der Waals surface area contributed by atoms with Crippen LogP contribution in [0.15, 0.2) is 0 Å². The van der Waals surface area contributed by atoms with Gasteiger partial charge in [-0.2, -0.15) is 75.8 Å². The minimum absolute atomic E-state index is 0.147. The van der Waals surface area contributed by atoms with Crippen molar-refractivity contribution in [2.75, 3.05) is 54.3 Å². The molecule has 0 aromatic rings. The van der Waals surface area contributed by atoms with Crippen LogP contribution >= 0.6 is 75.8 Å². The molecule has 0 fully saturated rings. The van der Waals surface area contributed by atoms with E-state index in [4.69, 9.17) is 0 Å². The van der Waals surface area contributed by atoms with E-state index in [9.17, 15) is 14.4 Å². The minimum atomic E-state index is -0.289. The number of hydrogen-bond acceptors (Lipinski definition) is 12. The maximum atomic E-state index is 10.2. The third kappa shape index (κ3) is 51.0. The van der Waals surface area contributed by atoms with Crippen molar-refractivity contribution < 1.29 is 28.6 Å². The number of hydrogen-bond donors (Lipinski definition) is 6. The number of ether oxygens (including phenoxy) is 3. The van der Waals surface area contributed by atoms with Crippen LogP contribution in [0.4, 0.5) is 0 Å². The summed E-state index contributed by atoms with van der Waals surface area (Å²) in [5.74, 6) is 1.28. The number of rotatable bonds is 15. The van der Waals surface area contributed by atoms with Crippen molar-refractivity contribution in [3.63, 3.8) is 0 Å². The minimum Gasteiger partial charge on any atom is -0.464 e. The Hall–Kier alpha value is 1.31. The second-order valence-corrected chi connectivity index (χ2v) is 9.54. The van der Waals surface area contributed by atoms with E-state index < -0.39 is 0 Å². The van der Waals surface area contributed by atoms with Gasteiger partial charge >= 0.3 is 90.3 Å². The Morgan fingerprint density at radius 1 is 0.576 bits per heavy atom. The van der Waals surface area contributed by atoms with Gasteiger partial charge in [0.05, 0.1) is 17.3 Å². The van der Waals surface area contributed by atoms with Gasteiger partial charge in [0.25, 0.3) is 0 Å². The molecule has 0 N–H and O–H groups in total. The summed E-state index contributed by atoms with van der Waals surface area (Å²) in [5, 5.41) is 0. The molecule has 3 radical (unpaired) electrons. The van der Waals surface area contributed by atoms with Gasteiger partial charge in [-0.05, 0) is 0 Å². The smallest absolute Gasteiger partial charge is 0.315 e. The summed E-state index contributed by atoms with van der Waals surface area (Å²) < 4.78 is 15.1. The van der Waals surface area contributed by atoms with Gasteiger partial charge in [0.15, 0.2) is 0 Å². The van der Waals surface area contributed by atoms with Gasteiger partial charge in [0.2, 0.25) is 0 Å². The maximum Gasteiger partial charge on any atom is 0.315 e.